The van der Waals surface area contributed by atoms with Gasteiger partial charge in [-0.1, -0.05) is 5.21 Å². The number of nitrogens with two attached hydrogens (primary N) is 1. The van der Waals surface area contributed by atoms with Crippen molar-refractivity contribution in [3.05, 3.63) is 11.9 Å². The van der Waals surface area contributed by atoms with Crippen molar-refractivity contribution in [2.24, 2.45) is 5.14 Å². The van der Waals surface area contributed by atoms with Gasteiger partial charge >= 0.3 is 12.0 Å². The van der Waals surface area contributed by atoms with Gasteiger partial charge in [0.1, 0.15) is 12.2 Å². The van der Waals surface area contributed by atoms with Crippen molar-refractivity contribution in [3.63, 3.8) is 0 Å². The second kappa shape index (κ2) is 7.54. The maximum absolute atomic E-state index is 11.4. The number of primary sulfonamides is 1. The minimum absolute atomic E-state index is 0.0701. The molecule has 11 nitrogen and oxygen atoms in total. The Balaban J connectivity index is 2.23. The molecule has 0 aliphatic carbocycles. The lowest BCUT2D eigenvalue weighted by Crippen LogP contribution is -2.36. The predicted octanol–water partition coefficient (Wildman–Crippen LogP) is -2.16. The third-order valence-corrected chi connectivity index (χ3v) is 3.06. The Bertz CT molecular complexity index is 598. The molecule has 1 rings (SSSR count). The summed E-state index contributed by atoms with van der Waals surface area (Å²) in [5.41, 5.74) is 0.399. The quantitative estimate of drug-likeness (QED) is 0.395. The molecule has 0 spiro atoms. The fourth-order valence-corrected chi connectivity index (χ4v) is 1.89. The van der Waals surface area contributed by atoms with E-state index in [0.29, 0.717) is 5.69 Å². The predicted molar refractivity (Wildman–Crippen MR) is 70.5 cm³/mol. The Labute approximate surface area is 120 Å². The molecule has 118 valence electrons. The summed E-state index contributed by atoms with van der Waals surface area (Å²) in [5.74, 6) is -1.26. The number of carbonyl (C=O) groups excluding carboxylic acids is 1. The summed E-state index contributed by atoms with van der Waals surface area (Å²) in [6, 6.07) is -0.503. The maximum atomic E-state index is 11.4. The highest BCUT2D eigenvalue weighted by molar-refractivity contribution is 7.89. The number of hydrogen-bond acceptors (Lipinski definition) is 6. The van der Waals surface area contributed by atoms with Gasteiger partial charge in [0.05, 0.1) is 18.5 Å². The number of rotatable bonds is 8. The summed E-state index contributed by atoms with van der Waals surface area (Å²) in [4.78, 5) is 21.8. The van der Waals surface area contributed by atoms with Gasteiger partial charge in [-0.25, -0.2) is 23.0 Å². The van der Waals surface area contributed by atoms with Crippen LogP contribution in [0.4, 0.5) is 4.79 Å². The van der Waals surface area contributed by atoms with Crippen LogP contribution in [0, 0.1) is 0 Å². The average Bonchev–Trinajstić information content (AvgIpc) is 2.78. The molecule has 0 atom stereocenters. The summed E-state index contributed by atoms with van der Waals surface area (Å²) in [7, 11) is -3.53. The smallest absolute Gasteiger partial charge is 0.325 e. The molecule has 0 saturated heterocycles. The minimum Gasteiger partial charge on any atom is -0.480 e. The van der Waals surface area contributed by atoms with Gasteiger partial charge in [0, 0.05) is 6.54 Å². The monoisotopic (exact) mass is 320 g/mol. The van der Waals surface area contributed by atoms with Crippen molar-refractivity contribution in [1.82, 2.24) is 25.6 Å². The van der Waals surface area contributed by atoms with Crippen LogP contribution in [0.1, 0.15) is 12.1 Å². The standard InChI is InChI=1S/C9H16N6O5S/c10-21(19,20)3-1-2-11-9(18)12-4-7-5-15(14-13-7)6-8(16)17/h5H,1-4,6H2,(H,16,17)(H2,10,19,20)(H2,11,12,18). The Morgan fingerprint density at radius 1 is 1.38 bits per heavy atom. The first-order chi connectivity index (χ1) is 9.76. The molecular weight excluding hydrogens is 304 g/mol. The highest BCUT2D eigenvalue weighted by Crippen LogP contribution is 1.92. The third kappa shape index (κ3) is 7.84. The molecule has 0 unspecified atom stereocenters. The van der Waals surface area contributed by atoms with Crippen molar-refractivity contribution >= 4 is 22.0 Å². The number of amides is 2. The summed E-state index contributed by atoms with van der Waals surface area (Å²) < 4.78 is 22.4. The zero-order valence-corrected chi connectivity index (χ0v) is 11.8. The van der Waals surface area contributed by atoms with Crippen LogP contribution >= 0.6 is 0 Å². The van der Waals surface area contributed by atoms with Crippen LogP contribution in [-0.2, 0) is 27.9 Å². The van der Waals surface area contributed by atoms with E-state index in [9.17, 15) is 18.0 Å². The zero-order chi connectivity index (χ0) is 15.9. The van der Waals surface area contributed by atoms with E-state index in [1.54, 1.807) is 0 Å². The van der Waals surface area contributed by atoms with Gasteiger partial charge in [-0.15, -0.1) is 5.10 Å². The lowest BCUT2D eigenvalue weighted by Gasteiger charge is -2.05. The molecular formula is C9H16N6O5S. The van der Waals surface area contributed by atoms with Gasteiger partial charge in [-0.05, 0) is 6.42 Å². The van der Waals surface area contributed by atoms with Gasteiger partial charge in [0.2, 0.25) is 10.0 Å². The summed E-state index contributed by atoms with van der Waals surface area (Å²) in [6.07, 6.45) is 1.61. The first-order valence-electron chi connectivity index (χ1n) is 5.89. The van der Waals surface area contributed by atoms with Crippen LogP contribution in [-0.4, -0.2) is 52.8 Å². The Morgan fingerprint density at radius 3 is 2.71 bits per heavy atom. The van der Waals surface area contributed by atoms with Crippen LogP contribution in [0.3, 0.4) is 0 Å². The van der Waals surface area contributed by atoms with Gasteiger partial charge in [0.15, 0.2) is 0 Å². The van der Waals surface area contributed by atoms with E-state index in [1.807, 2.05) is 0 Å². The number of carbonyl (C=O) groups is 2. The highest BCUT2D eigenvalue weighted by Gasteiger charge is 2.07. The van der Waals surface area contributed by atoms with E-state index in [1.165, 1.54) is 6.20 Å². The van der Waals surface area contributed by atoms with Crippen molar-refractivity contribution in [1.29, 1.82) is 0 Å². The van der Waals surface area contributed by atoms with E-state index >= 15 is 0 Å². The van der Waals surface area contributed by atoms with Crippen molar-refractivity contribution < 1.29 is 23.1 Å². The molecule has 0 bridgehead atoms. The van der Waals surface area contributed by atoms with Crippen LogP contribution in [0.15, 0.2) is 6.20 Å². The van der Waals surface area contributed by atoms with Crippen LogP contribution in [0.2, 0.25) is 0 Å². The second-order valence-electron chi connectivity index (χ2n) is 4.13. The third-order valence-electron chi connectivity index (χ3n) is 2.20. The van der Waals surface area contributed by atoms with Gasteiger partial charge in [-0.2, -0.15) is 0 Å². The Kier molecular flexibility index (Phi) is 6.05. The number of carboxylic acids is 1. The second-order valence-corrected chi connectivity index (χ2v) is 5.87. The van der Waals surface area contributed by atoms with Crippen molar-refractivity contribution in [2.45, 2.75) is 19.5 Å². The van der Waals surface area contributed by atoms with Crippen molar-refractivity contribution in [2.75, 3.05) is 12.3 Å². The summed E-state index contributed by atoms with van der Waals surface area (Å²) in [6.45, 7) is -0.0820. The number of urea groups is 1. The molecule has 0 aliphatic heterocycles. The number of aromatic nitrogens is 3. The van der Waals surface area contributed by atoms with Crippen LogP contribution in [0.5, 0.6) is 0 Å². The summed E-state index contributed by atoms with van der Waals surface area (Å²) in [5, 5.41) is 25.5. The number of nitrogens with one attached hydrogen (secondary N) is 2. The van der Waals surface area contributed by atoms with Crippen LogP contribution in [0.25, 0.3) is 0 Å². The molecule has 5 N–H and O–H groups in total. The van der Waals surface area contributed by atoms with Gasteiger partial charge < -0.3 is 15.7 Å². The molecule has 0 saturated carbocycles. The highest BCUT2D eigenvalue weighted by atomic mass is 32.2. The molecule has 0 aliphatic rings. The van der Waals surface area contributed by atoms with Gasteiger partial charge in [0.25, 0.3) is 0 Å². The molecule has 0 radical (unpaired) electrons. The average molecular weight is 320 g/mol. The fraction of sp³-hybridized carbons (Fsp3) is 0.556. The minimum atomic E-state index is -3.53. The zero-order valence-electron chi connectivity index (χ0n) is 11.0. The first-order valence-corrected chi connectivity index (χ1v) is 7.61. The number of carboxylic acid groups (broad SMARTS) is 1. The largest absolute Gasteiger partial charge is 0.480 e. The molecule has 1 heterocycles. The first kappa shape index (κ1) is 16.8. The van der Waals surface area contributed by atoms with Crippen molar-refractivity contribution in [3.8, 4) is 0 Å². The van der Waals surface area contributed by atoms with E-state index in [4.69, 9.17) is 10.2 Å². The van der Waals surface area contributed by atoms with E-state index in [0.717, 1.165) is 4.68 Å². The number of nitrogens with zero attached hydrogens (tertiary/aromatic N) is 3. The van der Waals surface area contributed by atoms with E-state index < -0.39 is 22.0 Å². The number of aliphatic carboxylic acids is 1. The molecule has 1 aromatic rings. The van der Waals surface area contributed by atoms with Crippen LogP contribution < -0.4 is 15.8 Å². The molecule has 0 aromatic carbocycles. The Morgan fingerprint density at radius 2 is 2.10 bits per heavy atom. The molecule has 0 fully saturated rings. The summed E-state index contributed by atoms with van der Waals surface area (Å²) >= 11 is 0. The SMILES string of the molecule is NS(=O)(=O)CCCNC(=O)NCc1cn(CC(=O)O)nn1. The molecule has 1 aromatic heterocycles. The number of sulfonamides is 1. The van der Waals surface area contributed by atoms with E-state index in [2.05, 4.69) is 20.9 Å². The molecule has 21 heavy (non-hydrogen) atoms. The number of hydrogen-bond donors (Lipinski definition) is 4. The molecule has 2 amide bonds. The fourth-order valence-electron chi connectivity index (χ4n) is 1.34. The van der Waals surface area contributed by atoms with E-state index in [-0.39, 0.29) is 31.8 Å². The maximum Gasteiger partial charge on any atom is 0.325 e. The van der Waals surface area contributed by atoms with Gasteiger partial charge in [-0.3, -0.25) is 4.79 Å². The molecule has 12 heteroatoms. The Hall–Kier alpha value is -2.21. The lowest BCUT2D eigenvalue weighted by atomic mass is 10.4. The normalized spacial score (nSPS) is 11.1. The lowest BCUT2D eigenvalue weighted by molar-refractivity contribution is -0.137. The topological polar surface area (TPSA) is 169 Å².